The fourth-order valence-corrected chi connectivity index (χ4v) is 1.73. The third-order valence-corrected chi connectivity index (χ3v) is 2.61. The molecule has 0 unspecified atom stereocenters. The lowest BCUT2D eigenvalue weighted by Crippen LogP contribution is -2.36. The van der Waals surface area contributed by atoms with Gasteiger partial charge in [0.1, 0.15) is 0 Å². The van der Waals surface area contributed by atoms with Crippen LogP contribution in [-0.2, 0) is 11.3 Å². The van der Waals surface area contributed by atoms with Gasteiger partial charge >= 0.3 is 5.97 Å². The minimum atomic E-state index is -0.880. The third-order valence-electron chi connectivity index (χ3n) is 2.61. The molecule has 3 heterocycles. The molecule has 0 aromatic carbocycles. The number of aliphatic carboxylic acids is 1. The number of carboxylic acids is 1. The van der Waals surface area contributed by atoms with Gasteiger partial charge in [0.15, 0.2) is 23.9 Å². The Morgan fingerprint density at radius 2 is 2.16 bits per heavy atom. The zero-order chi connectivity index (χ0) is 13.2. The number of aromatic nitrogens is 5. The molecule has 0 radical (unpaired) electrons. The zero-order valence-electron chi connectivity index (χ0n) is 9.84. The van der Waals surface area contributed by atoms with Crippen LogP contribution in [0.4, 0.5) is 0 Å². The molecule has 0 fully saturated rings. The van der Waals surface area contributed by atoms with E-state index in [0.29, 0.717) is 11.5 Å². The number of hydrogen-bond donors (Lipinski definition) is 1. The van der Waals surface area contributed by atoms with E-state index in [2.05, 4.69) is 15.1 Å². The van der Waals surface area contributed by atoms with Crippen LogP contribution in [0.3, 0.4) is 0 Å². The maximum Gasteiger partial charge on any atom is 0.370 e. The Labute approximate surface area is 107 Å². The van der Waals surface area contributed by atoms with Gasteiger partial charge in [-0.25, -0.2) is 14.3 Å². The van der Waals surface area contributed by atoms with Gasteiger partial charge in [0.2, 0.25) is 6.54 Å². The number of rotatable bonds is 3. The normalized spacial score (nSPS) is 10.7. The number of nitrogens with zero attached hydrogens (tertiary/aromatic N) is 5. The summed E-state index contributed by atoms with van der Waals surface area (Å²) >= 11 is 0. The van der Waals surface area contributed by atoms with Crippen LogP contribution in [0.15, 0.2) is 43.1 Å². The summed E-state index contributed by atoms with van der Waals surface area (Å²) in [7, 11) is 0. The van der Waals surface area contributed by atoms with E-state index in [9.17, 15) is 4.79 Å². The first-order valence-electron chi connectivity index (χ1n) is 5.60. The number of carboxylic acid groups (broad SMARTS) is 1. The van der Waals surface area contributed by atoms with Crippen LogP contribution < -0.4 is 4.57 Å². The molecule has 0 atom stereocenters. The van der Waals surface area contributed by atoms with Crippen molar-refractivity contribution in [2.75, 3.05) is 0 Å². The molecule has 0 amide bonds. The predicted molar refractivity (Wildman–Crippen MR) is 64.0 cm³/mol. The highest BCUT2D eigenvalue weighted by atomic mass is 16.4. The van der Waals surface area contributed by atoms with Gasteiger partial charge in [0.05, 0.1) is 6.20 Å². The number of carbonyl (C=O) groups is 1. The lowest BCUT2D eigenvalue weighted by Gasteiger charge is -1.94. The minimum Gasteiger partial charge on any atom is -0.477 e. The van der Waals surface area contributed by atoms with Gasteiger partial charge < -0.3 is 5.11 Å². The maximum atomic E-state index is 10.6. The van der Waals surface area contributed by atoms with E-state index in [1.165, 1.54) is 0 Å². The van der Waals surface area contributed by atoms with Gasteiger partial charge in [-0.1, -0.05) is 0 Å². The molecule has 0 aliphatic carbocycles. The fraction of sp³-hybridized carbons (Fsp3) is 0.0833. The average molecular weight is 256 g/mol. The van der Waals surface area contributed by atoms with Crippen LogP contribution >= 0.6 is 0 Å². The summed E-state index contributed by atoms with van der Waals surface area (Å²) in [4.78, 5) is 18.9. The minimum absolute atomic E-state index is 0.0667. The van der Waals surface area contributed by atoms with Gasteiger partial charge in [0.25, 0.3) is 0 Å². The molecule has 19 heavy (non-hydrogen) atoms. The highest BCUT2D eigenvalue weighted by molar-refractivity contribution is 5.64. The molecule has 0 spiro atoms. The first-order valence-corrected chi connectivity index (χ1v) is 5.60. The Morgan fingerprint density at radius 3 is 2.84 bits per heavy atom. The smallest absolute Gasteiger partial charge is 0.370 e. The van der Waals surface area contributed by atoms with E-state index in [0.717, 1.165) is 5.56 Å². The van der Waals surface area contributed by atoms with E-state index < -0.39 is 5.97 Å². The van der Waals surface area contributed by atoms with Gasteiger partial charge in [0, 0.05) is 30.1 Å². The third kappa shape index (κ3) is 2.25. The molecule has 3 aromatic heterocycles. The van der Waals surface area contributed by atoms with Crippen molar-refractivity contribution in [2.24, 2.45) is 0 Å². The van der Waals surface area contributed by atoms with E-state index in [4.69, 9.17) is 5.11 Å². The van der Waals surface area contributed by atoms with Crippen LogP contribution in [-0.4, -0.2) is 30.7 Å². The highest BCUT2D eigenvalue weighted by Gasteiger charge is 2.10. The second kappa shape index (κ2) is 4.45. The fourth-order valence-electron chi connectivity index (χ4n) is 1.73. The largest absolute Gasteiger partial charge is 0.477 e. The van der Waals surface area contributed by atoms with Crippen LogP contribution in [0.1, 0.15) is 0 Å². The number of hydrogen-bond acceptors (Lipinski definition) is 4. The summed E-state index contributed by atoms with van der Waals surface area (Å²) in [5.74, 6) is -0.301. The van der Waals surface area contributed by atoms with E-state index in [1.807, 2.05) is 0 Å². The Balaban J connectivity index is 1.95. The van der Waals surface area contributed by atoms with Crippen molar-refractivity contribution in [3.63, 3.8) is 0 Å². The molecule has 3 rings (SSSR count). The average Bonchev–Trinajstić information content (AvgIpc) is 2.82. The van der Waals surface area contributed by atoms with Crippen molar-refractivity contribution in [3.05, 3.63) is 43.1 Å². The van der Waals surface area contributed by atoms with Gasteiger partial charge in [-0.3, -0.25) is 4.98 Å². The van der Waals surface area contributed by atoms with Crippen molar-refractivity contribution < 1.29 is 14.5 Å². The van der Waals surface area contributed by atoms with Crippen molar-refractivity contribution >= 4 is 11.6 Å². The number of pyridine rings is 1. The molecule has 0 aliphatic rings. The van der Waals surface area contributed by atoms with Crippen molar-refractivity contribution in [2.45, 2.75) is 6.54 Å². The molecule has 1 N–H and O–H groups in total. The molecule has 7 nitrogen and oxygen atoms in total. The molecular formula is C12H10N5O2+. The van der Waals surface area contributed by atoms with Crippen LogP contribution in [0.5, 0.6) is 0 Å². The highest BCUT2D eigenvalue weighted by Crippen LogP contribution is 2.13. The Kier molecular flexibility index (Phi) is 2.64. The molecule has 0 saturated carbocycles. The van der Waals surface area contributed by atoms with Gasteiger partial charge in [-0.05, 0) is 0 Å². The summed E-state index contributed by atoms with van der Waals surface area (Å²) in [5.41, 5.74) is 1.49. The van der Waals surface area contributed by atoms with Crippen molar-refractivity contribution in [1.82, 2.24) is 19.6 Å². The van der Waals surface area contributed by atoms with E-state index in [1.54, 1.807) is 52.2 Å². The SMILES string of the molecule is O=C(O)C[n+]1ccc(-c2nc3cnccn3n2)cc1. The molecule has 94 valence electrons. The molecule has 0 saturated heterocycles. The molecule has 0 bridgehead atoms. The second-order valence-electron chi connectivity index (χ2n) is 3.97. The zero-order valence-corrected chi connectivity index (χ0v) is 9.84. The lowest BCUT2D eigenvalue weighted by atomic mass is 10.2. The van der Waals surface area contributed by atoms with Crippen LogP contribution in [0, 0.1) is 0 Å². The Bertz CT molecular complexity index is 702. The monoisotopic (exact) mass is 256 g/mol. The van der Waals surface area contributed by atoms with Crippen LogP contribution in [0.25, 0.3) is 17.0 Å². The molecule has 3 aromatic rings. The van der Waals surface area contributed by atoms with Crippen molar-refractivity contribution in [1.29, 1.82) is 0 Å². The Hall–Kier alpha value is -2.83. The summed E-state index contributed by atoms with van der Waals surface area (Å²) < 4.78 is 3.21. The number of fused-ring (bicyclic) bond motifs is 1. The second-order valence-corrected chi connectivity index (χ2v) is 3.97. The van der Waals surface area contributed by atoms with Crippen LogP contribution in [0.2, 0.25) is 0 Å². The lowest BCUT2D eigenvalue weighted by molar-refractivity contribution is -0.685. The topological polar surface area (TPSA) is 84.3 Å². The standard InChI is InChI=1S/C12H9N5O2/c18-11(19)8-16-4-1-9(2-5-16)12-14-10-7-13-3-6-17(10)15-12/h1-7H,8H2/p+1. The predicted octanol–water partition coefficient (Wildman–Crippen LogP) is 0.163. The maximum absolute atomic E-state index is 10.6. The quantitative estimate of drug-likeness (QED) is 0.675. The molecular weight excluding hydrogens is 246 g/mol. The summed E-state index contributed by atoms with van der Waals surface area (Å²) in [5, 5.41) is 13.0. The molecule has 0 aliphatic heterocycles. The van der Waals surface area contributed by atoms with Gasteiger partial charge in [-0.2, -0.15) is 4.57 Å². The Morgan fingerprint density at radius 1 is 1.37 bits per heavy atom. The summed E-state index contributed by atoms with van der Waals surface area (Å²) in [6.07, 6.45) is 8.36. The summed E-state index contributed by atoms with van der Waals surface area (Å²) in [6, 6.07) is 3.57. The van der Waals surface area contributed by atoms with E-state index >= 15 is 0 Å². The first-order chi connectivity index (χ1) is 9.22. The summed E-state index contributed by atoms with van der Waals surface area (Å²) in [6.45, 7) is -0.0667. The van der Waals surface area contributed by atoms with Crippen molar-refractivity contribution in [3.8, 4) is 11.4 Å². The molecule has 7 heteroatoms. The van der Waals surface area contributed by atoms with E-state index in [-0.39, 0.29) is 6.54 Å². The van der Waals surface area contributed by atoms with Gasteiger partial charge in [-0.15, -0.1) is 5.10 Å². The first kappa shape index (κ1) is 11.3.